The Morgan fingerprint density at radius 3 is 2.41 bits per heavy atom. The van der Waals surface area contributed by atoms with Gasteiger partial charge in [0.05, 0.1) is 13.0 Å². The molecule has 0 spiro atoms. The third-order valence-corrected chi connectivity index (χ3v) is 3.71. The average molecular weight is 242 g/mol. The Balaban J connectivity index is 2.75. The first-order valence-corrected chi connectivity index (χ1v) is 6.24. The Morgan fingerprint density at radius 2 is 1.94 bits per heavy atom. The quantitative estimate of drug-likeness (QED) is 0.712. The Hall–Kier alpha value is -1.06. The van der Waals surface area contributed by atoms with Crippen molar-refractivity contribution in [3.05, 3.63) is 0 Å². The van der Waals surface area contributed by atoms with E-state index >= 15 is 0 Å². The van der Waals surface area contributed by atoms with Gasteiger partial charge >= 0.3 is 11.9 Å². The van der Waals surface area contributed by atoms with E-state index in [2.05, 4.69) is 13.8 Å². The van der Waals surface area contributed by atoms with Crippen LogP contribution in [0.1, 0.15) is 40.0 Å². The molecule has 0 N–H and O–H groups in total. The molecule has 0 heterocycles. The molecule has 0 bridgehead atoms. The monoisotopic (exact) mass is 242 g/mol. The molecule has 4 unspecified atom stereocenters. The zero-order valence-corrected chi connectivity index (χ0v) is 11.1. The van der Waals surface area contributed by atoms with E-state index in [4.69, 9.17) is 9.47 Å². The molecule has 1 aliphatic carbocycles. The highest BCUT2D eigenvalue weighted by Crippen LogP contribution is 2.38. The lowest BCUT2D eigenvalue weighted by atomic mass is 9.70. The van der Waals surface area contributed by atoms with E-state index in [9.17, 15) is 9.59 Å². The van der Waals surface area contributed by atoms with Crippen molar-refractivity contribution in [3.8, 4) is 0 Å². The fraction of sp³-hybridized carbons (Fsp3) is 0.846. The molecule has 0 aromatic rings. The molecule has 1 fully saturated rings. The molecule has 4 heteroatoms. The van der Waals surface area contributed by atoms with Crippen LogP contribution in [0.25, 0.3) is 0 Å². The van der Waals surface area contributed by atoms with Crippen LogP contribution in [0.4, 0.5) is 0 Å². The van der Waals surface area contributed by atoms with Crippen molar-refractivity contribution in [2.24, 2.45) is 17.8 Å². The van der Waals surface area contributed by atoms with Crippen molar-refractivity contribution in [1.29, 1.82) is 0 Å². The van der Waals surface area contributed by atoms with Gasteiger partial charge in [0.1, 0.15) is 6.10 Å². The number of hydrogen-bond acceptors (Lipinski definition) is 4. The zero-order chi connectivity index (χ0) is 13.0. The van der Waals surface area contributed by atoms with Gasteiger partial charge < -0.3 is 9.47 Å². The summed E-state index contributed by atoms with van der Waals surface area (Å²) < 4.78 is 10.1. The zero-order valence-electron chi connectivity index (χ0n) is 11.1. The van der Waals surface area contributed by atoms with E-state index in [1.54, 1.807) is 0 Å². The van der Waals surface area contributed by atoms with E-state index < -0.39 is 0 Å². The normalized spacial score (nSPS) is 32.9. The van der Waals surface area contributed by atoms with Gasteiger partial charge in [-0.25, -0.2) is 0 Å². The molecular weight excluding hydrogens is 220 g/mol. The van der Waals surface area contributed by atoms with Crippen molar-refractivity contribution in [2.45, 2.75) is 46.1 Å². The molecule has 1 saturated carbocycles. The summed E-state index contributed by atoms with van der Waals surface area (Å²) in [6.07, 6.45) is 2.24. The van der Waals surface area contributed by atoms with Crippen molar-refractivity contribution in [1.82, 2.24) is 0 Å². The highest BCUT2D eigenvalue weighted by atomic mass is 16.5. The van der Waals surface area contributed by atoms with Crippen LogP contribution in [0.3, 0.4) is 0 Å². The summed E-state index contributed by atoms with van der Waals surface area (Å²) in [6, 6.07) is 0. The molecule has 4 nitrogen and oxygen atoms in total. The maximum Gasteiger partial charge on any atom is 0.309 e. The first-order valence-electron chi connectivity index (χ1n) is 6.24. The summed E-state index contributed by atoms with van der Waals surface area (Å²) in [5.74, 6) is 0.107. The predicted octanol–water partition coefficient (Wildman–Crippen LogP) is 2.16. The van der Waals surface area contributed by atoms with Crippen molar-refractivity contribution >= 4 is 11.9 Å². The van der Waals surface area contributed by atoms with Gasteiger partial charge in [0, 0.05) is 6.92 Å². The molecule has 0 radical (unpaired) electrons. The largest absolute Gasteiger partial charge is 0.469 e. The summed E-state index contributed by atoms with van der Waals surface area (Å²) in [5.41, 5.74) is 0. The van der Waals surface area contributed by atoms with Crippen LogP contribution in [0.5, 0.6) is 0 Å². The molecule has 1 rings (SSSR count). The Morgan fingerprint density at radius 1 is 1.29 bits per heavy atom. The standard InChI is InChI=1S/C13H22O4/c1-5-11-8(2)6-10(17-9(3)14)7-12(11)13(15)16-4/h8,10-12H,5-7H2,1-4H3. The summed E-state index contributed by atoms with van der Waals surface area (Å²) in [6.45, 7) is 5.60. The predicted molar refractivity (Wildman–Crippen MR) is 63.2 cm³/mol. The number of rotatable bonds is 3. The molecule has 4 atom stereocenters. The van der Waals surface area contributed by atoms with E-state index in [0.717, 1.165) is 12.8 Å². The second-order valence-electron chi connectivity index (χ2n) is 4.88. The maximum absolute atomic E-state index is 11.8. The number of ether oxygens (including phenoxy) is 2. The summed E-state index contributed by atoms with van der Waals surface area (Å²) >= 11 is 0. The molecule has 0 amide bonds. The number of esters is 2. The third kappa shape index (κ3) is 3.45. The number of hydrogen-bond donors (Lipinski definition) is 0. The van der Waals surface area contributed by atoms with Gasteiger partial charge in [0.25, 0.3) is 0 Å². The van der Waals surface area contributed by atoms with E-state index in [0.29, 0.717) is 18.3 Å². The molecule has 0 aliphatic heterocycles. The van der Waals surface area contributed by atoms with Crippen LogP contribution < -0.4 is 0 Å². The number of carbonyl (C=O) groups excluding carboxylic acids is 2. The van der Waals surface area contributed by atoms with Crippen LogP contribution in [0.2, 0.25) is 0 Å². The summed E-state index contributed by atoms with van der Waals surface area (Å²) in [5, 5.41) is 0. The summed E-state index contributed by atoms with van der Waals surface area (Å²) in [4.78, 5) is 22.7. The Kier molecular flexibility index (Phi) is 4.97. The highest BCUT2D eigenvalue weighted by Gasteiger charge is 2.40. The molecule has 0 saturated heterocycles. The fourth-order valence-electron chi connectivity index (χ4n) is 2.98. The van der Waals surface area contributed by atoms with Crippen molar-refractivity contribution in [3.63, 3.8) is 0 Å². The molecule has 0 aromatic carbocycles. The van der Waals surface area contributed by atoms with Crippen molar-refractivity contribution in [2.75, 3.05) is 7.11 Å². The van der Waals surface area contributed by atoms with Gasteiger partial charge in [0.15, 0.2) is 0 Å². The van der Waals surface area contributed by atoms with Gasteiger partial charge in [-0.3, -0.25) is 9.59 Å². The van der Waals surface area contributed by atoms with Crippen LogP contribution >= 0.6 is 0 Å². The molecule has 98 valence electrons. The van der Waals surface area contributed by atoms with E-state index in [1.165, 1.54) is 14.0 Å². The van der Waals surface area contributed by atoms with E-state index in [-0.39, 0.29) is 24.0 Å². The van der Waals surface area contributed by atoms with Gasteiger partial charge in [-0.2, -0.15) is 0 Å². The van der Waals surface area contributed by atoms with Crippen LogP contribution in [-0.2, 0) is 19.1 Å². The number of methoxy groups -OCH3 is 1. The van der Waals surface area contributed by atoms with Crippen LogP contribution in [0, 0.1) is 17.8 Å². The third-order valence-electron chi connectivity index (χ3n) is 3.71. The Labute approximate surface area is 103 Å². The van der Waals surface area contributed by atoms with Gasteiger partial charge in [-0.05, 0) is 24.7 Å². The maximum atomic E-state index is 11.8. The first kappa shape index (κ1) is 14.0. The van der Waals surface area contributed by atoms with Gasteiger partial charge in [0.2, 0.25) is 0 Å². The second-order valence-corrected chi connectivity index (χ2v) is 4.88. The molecular formula is C13H22O4. The SMILES string of the molecule is CCC1C(C)CC(OC(C)=O)CC1C(=O)OC. The van der Waals surface area contributed by atoms with Crippen molar-refractivity contribution < 1.29 is 19.1 Å². The molecule has 17 heavy (non-hydrogen) atoms. The van der Waals surface area contributed by atoms with Crippen LogP contribution in [0.15, 0.2) is 0 Å². The highest BCUT2D eigenvalue weighted by molar-refractivity contribution is 5.73. The topological polar surface area (TPSA) is 52.6 Å². The first-order chi connectivity index (χ1) is 7.99. The lowest BCUT2D eigenvalue weighted by Gasteiger charge is -2.38. The fourth-order valence-corrected chi connectivity index (χ4v) is 2.98. The van der Waals surface area contributed by atoms with Gasteiger partial charge in [-0.1, -0.05) is 20.3 Å². The smallest absolute Gasteiger partial charge is 0.309 e. The molecule has 1 aliphatic rings. The van der Waals surface area contributed by atoms with Gasteiger partial charge in [-0.15, -0.1) is 0 Å². The lowest BCUT2D eigenvalue weighted by Crippen LogP contribution is -2.40. The minimum atomic E-state index is -0.277. The second kappa shape index (κ2) is 6.03. The summed E-state index contributed by atoms with van der Waals surface area (Å²) in [7, 11) is 1.41. The number of carbonyl (C=O) groups is 2. The van der Waals surface area contributed by atoms with E-state index in [1.807, 2.05) is 0 Å². The Bertz CT molecular complexity index is 287. The minimum Gasteiger partial charge on any atom is -0.469 e. The minimum absolute atomic E-state index is 0.141. The lowest BCUT2D eigenvalue weighted by molar-refractivity contribution is -0.160. The average Bonchev–Trinajstić information content (AvgIpc) is 2.26. The molecule has 0 aromatic heterocycles. The van der Waals surface area contributed by atoms with Crippen LogP contribution in [-0.4, -0.2) is 25.2 Å².